The number of fused-ring (bicyclic) bond motifs is 4. The maximum Gasteiger partial charge on any atom is 0.129 e. The molecule has 0 spiro atoms. The molecular weight excluding hydrogens is 613 g/mol. The molecule has 5 aliphatic heterocycles. The van der Waals surface area contributed by atoms with Crippen molar-refractivity contribution in [1.82, 2.24) is 0 Å². The SMILES string of the molecule is [NH2+]=Nc1ccc(C2=C3C=CC(=N3)C(c3ccccc3)=C3C=CC(=N3)C(c3ccccc3)=C3C=CC(=N3)C(c3ccccc3)=C3C=CC2=N3)cc1. The summed E-state index contributed by atoms with van der Waals surface area (Å²) in [5, 5.41) is 3.87. The number of hydrogen-bond acceptors (Lipinski definition) is 5. The van der Waals surface area contributed by atoms with E-state index < -0.39 is 0 Å². The maximum absolute atomic E-state index is 5.61. The quantitative estimate of drug-likeness (QED) is 0.212. The van der Waals surface area contributed by atoms with Gasteiger partial charge >= 0.3 is 0 Å². The van der Waals surface area contributed by atoms with Crippen LogP contribution in [0.25, 0.3) is 22.3 Å². The molecule has 5 heterocycles. The van der Waals surface area contributed by atoms with Crippen LogP contribution in [-0.2, 0) is 0 Å². The molecule has 0 amide bonds. The molecule has 4 aromatic carbocycles. The highest BCUT2D eigenvalue weighted by molar-refractivity contribution is 6.39. The van der Waals surface area contributed by atoms with Gasteiger partial charge in [-0.3, -0.25) is 0 Å². The van der Waals surface area contributed by atoms with Crippen LogP contribution in [0.3, 0.4) is 0 Å². The number of aliphatic imine (C=N–C) groups is 4. The minimum absolute atomic E-state index is 0.692. The lowest BCUT2D eigenvalue weighted by Gasteiger charge is -2.12. The highest BCUT2D eigenvalue weighted by Crippen LogP contribution is 2.38. The summed E-state index contributed by atoms with van der Waals surface area (Å²) in [6, 6.07) is 38.9. The fourth-order valence-corrected chi connectivity index (χ4v) is 6.80. The third kappa shape index (κ3) is 5.16. The van der Waals surface area contributed by atoms with E-state index in [1.165, 1.54) is 0 Å². The molecule has 5 aliphatic rings. The highest BCUT2D eigenvalue weighted by Gasteiger charge is 2.27. The lowest BCUT2D eigenvalue weighted by Crippen LogP contribution is -2.21. The van der Waals surface area contributed by atoms with Gasteiger partial charge in [0.1, 0.15) is 5.69 Å². The zero-order valence-electron chi connectivity index (χ0n) is 26.9. The fourth-order valence-electron chi connectivity index (χ4n) is 6.80. The third-order valence-corrected chi connectivity index (χ3v) is 9.10. The molecule has 6 nitrogen and oxygen atoms in total. The van der Waals surface area contributed by atoms with Crippen LogP contribution in [0.2, 0.25) is 0 Å². The van der Waals surface area contributed by atoms with Gasteiger partial charge in [0.25, 0.3) is 0 Å². The van der Waals surface area contributed by atoms with Gasteiger partial charge < -0.3 is 0 Å². The van der Waals surface area contributed by atoms with E-state index in [4.69, 9.17) is 25.5 Å². The van der Waals surface area contributed by atoms with Crippen molar-refractivity contribution in [1.29, 1.82) is 0 Å². The molecule has 50 heavy (non-hydrogen) atoms. The van der Waals surface area contributed by atoms with E-state index in [9.17, 15) is 0 Å². The van der Waals surface area contributed by atoms with Gasteiger partial charge in [-0.15, -0.1) is 0 Å². The van der Waals surface area contributed by atoms with Gasteiger partial charge in [-0.2, -0.15) is 5.53 Å². The third-order valence-electron chi connectivity index (χ3n) is 9.10. The topological polar surface area (TPSA) is 87.4 Å². The molecule has 0 saturated heterocycles. The first-order valence-corrected chi connectivity index (χ1v) is 16.5. The molecule has 0 saturated carbocycles. The summed E-state index contributed by atoms with van der Waals surface area (Å²) in [6.45, 7) is 0. The van der Waals surface area contributed by atoms with Crippen LogP contribution in [0.5, 0.6) is 0 Å². The molecule has 4 aromatic rings. The lowest BCUT2D eigenvalue weighted by molar-refractivity contribution is -0.210. The second-order valence-electron chi connectivity index (χ2n) is 12.1. The molecule has 8 bridgehead atoms. The molecule has 0 aliphatic carbocycles. The second kappa shape index (κ2) is 12.3. The van der Waals surface area contributed by atoms with E-state index in [-0.39, 0.29) is 0 Å². The fraction of sp³-hybridized carbons (Fsp3) is 0. The van der Waals surface area contributed by atoms with Crippen molar-refractivity contribution < 1.29 is 5.53 Å². The van der Waals surface area contributed by atoms with Crippen molar-refractivity contribution in [3.05, 3.63) is 209 Å². The summed E-state index contributed by atoms with van der Waals surface area (Å²) in [5.74, 6) is 0. The normalized spacial score (nSPS) is 17.5. The van der Waals surface area contributed by atoms with Crippen molar-refractivity contribution in [3.8, 4) is 0 Å². The van der Waals surface area contributed by atoms with Crippen molar-refractivity contribution in [2.75, 3.05) is 0 Å². The minimum Gasteiger partial charge on any atom is -0.248 e. The van der Waals surface area contributed by atoms with E-state index >= 15 is 0 Å². The zero-order chi connectivity index (χ0) is 33.4. The van der Waals surface area contributed by atoms with E-state index in [0.717, 1.165) is 90.2 Å². The molecule has 0 aromatic heterocycles. The van der Waals surface area contributed by atoms with Crippen molar-refractivity contribution in [2.24, 2.45) is 25.1 Å². The van der Waals surface area contributed by atoms with Crippen LogP contribution in [0.4, 0.5) is 5.69 Å². The Morgan fingerprint density at radius 2 is 0.600 bits per heavy atom. The summed E-state index contributed by atoms with van der Waals surface area (Å²) in [6.07, 6.45) is 16.6. The van der Waals surface area contributed by atoms with Crippen molar-refractivity contribution >= 4 is 50.8 Å². The van der Waals surface area contributed by atoms with E-state index in [0.29, 0.717) is 5.69 Å². The van der Waals surface area contributed by atoms with Gasteiger partial charge in [-0.05, 0) is 88.1 Å². The minimum atomic E-state index is 0.692. The Morgan fingerprint density at radius 3 is 0.880 bits per heavy atom. The standard InChI is InChI=1S/C44H28N6/c45-50-32-18-16-31(17-19-32)44-39-26-24-37(48-39)42(29-12-6-2-7-13-29)35-22-20-33(46-35)41(28-10-4-1-5-11-28)34-21-23-36(47-34)43(30-14-8-3-9-15-30)38-25-27-40(44)49-38/h1-27,45H/p+1. The molecule has 0 fully saturated rings. The summed E-state index contributed by atoms with van der Waals surface area (Å²) in [4.78, 5) is 21.2. The Balaban J connectivity index is 1.37. The van der Waals surface area contributed by atoms with Crippen LogP contribution >= 0.6 is 0 Å². The van der Waals surface area contributed by atoms with Gasteiger partial charge in [0.15, 0.2) is 0 Å². The van der Waals surface area contributed by atoms with Crippen LogP contribution in [-0.4, -0.2) is 22.8 Å². The first-order valence-electron chi connectivity index (χ1n) is 16.5. The van der Waals surface area contributed by atoms with E-state index in [1.807, 2.05) is 66.7 Å². The first kappa shape index (κ1) is 29.2. The van der Waals surface area contributed by atoms with Crippen LogP contribution in [0.15, 0.2) is 212 Å². The molecule has 6 heteroatoms. The first-order chi connectivity index (χ1) is 24.7. The Kier molecular flexibility index (Phi) is 7.17. The van der Waals surface area contributed by atoms with Gasteiger partial charge in [0, 0.05) is 22.3 Å². The van der Waals surface area contributed by atoms with Gasteiger partial charge in [-0.1, -0.05) is 103 Å². The Morgan fingerprint density at radius 1 is 0.320 bits per heavy atom. The maximum atomic E-state index is 5.61. The number of allylic oxidation sites excluding steroid dienone is 12. The van der Waals surface area contributed by atoms with Gasteiger partial charge in [0.05, 0.1) is 45.6 Å². The predicted octanol–water partition coefficient (Wildman–Crippen LogP) is 8.53. The summed E-state index contributed by atoms with van der Waals surface area (Å²) in [7, 11) is 0. The monoisotopic (exact) mass is 641 g/mol. The highest BCUT2D eigenvalue weighted by atomic mass is 15.0. The average Bonchev–Trinajstić information content (AvgIpc) is 4.01. The number of hydrogen-bond donors (Lipinski definition) is 1. The molecule has 234 valence electrons. The zero-order valence-corrected chi connectivity index (χ0v) is 26.9. The summed E-state index contributed by atoms with van der Waals surface area (Å²) in [5.41, 5.74) is 20.8. The van der Waals surface area contributed by atoms with Crippen molar-refractivity contribution in [2.45, 2.75) is 0 Å². The van der Waals surface area contributed by atoms with Crippen LogP contribution in [0.1, 0.15) is 22.3 Å². The Labute approximate surface area is 289 Å². The molecule has 9 rings (SSSR count). The lowest BCUT2D eigenvalue weighted by atomic mass is 9.98. The van der Waals surface area contributed by atoms with Gasteiger partial charge in [0.2, 0.25) is 0 Å². The predicted molar refractivity (Wildman–Crippen MR) is 204 cm³/mol. The van der Waals surface area contributed by atoms with E-state index in [2.05, 4.69) is 102 Å². The second-order valence-corrected chi connectivity index (χ2v) is 12.1. The number of rotatable bonds is 5. The molecule has 0 radical (unpaired) electrons. The number of nitrogens with zero attached hydrogens (tertiary/aromatic N) is 5. The van der Waals surface area contributed by atoms with Crippen LogP contribution < -0.4 is 5.53 Å². The number of nitrogens with two attached hydrogens (primary N) is 1. The smallest absolute Gasteiger partial charge is 0.129 e. The number of benzene rings is 4. The largest absolute Gasteiger partial charge is 0.248 e. The summed E-state index contributed by atoms with van der Waals surface area (Å²) < 4.78 is 0. The Bertz CT molecular complexity index is 2440. The van der Waals surface area contributed by atoms with Crippen LogP contribution in [0, 0.1) is 0 Å². The average molecular weight is 642 g/mol. The van der Waals surface area contributed by atoms with Crippen molar-refractivity contribution in [3.63, 3.8) is 0 Å². The molecular formula is C44H29N6+. The molecule has 2 N–H and O–H groups in total. The molecule has 0 unspecified atom stereocenters. The molecule has 0 atom stereocenters. The van der Waals surface area contributed by atoms with Gasteiger partial charge in [-0.25, -0.2) is 20.0 Å². The Hall–Kier alpha value is -6.92. The van der Waals surface area contributed by atoms with E-state index in [1.54, 1.807) is 0 Å². The summed E-state index contributed by atoms with van der Waals surface area (Å²) >= 11 is 0.